The van der Waals surface area contributed by atoms with Gasteiger partial charge in [-0.25, -0.2) is 4.98 Å². The van der Waals surface area contributed by atoms with Crippen molar-refractivity contribution in [1.29, 1.82) is 0 Å². The summed E-state index contributed by atoms with van der Waals surface area (Å²) in [7, 11) is 0. The van der Waals surface area contributed by atoms with Gasteiger partial charge in [0.2, 0.25) is 0 Å². The molecule has 2 rings (SSSR count). The predicted molar refractivity (Wildman–Crippen MR) is 86.4 cm³/mol. The molecule has 0 aromatic carbocycles. The minimum absolute atomic E-state index is 0.0225. The molecule has 0 radical (unpaired) electrons. The van der Waals surface area contributed by atoms with Crippen LogP contribution in [0, 0.1) is 6.92 Å². The van der Waals surface area contributed by atoms with E-state index in [4.69, 9.17) is 5.73 Å². The lowest BCUT2D eigenvalue weighted by atomic mass is 10.2. The second-order valence-corrected chi connectivity index (χ2v) is 6.29. The molecule has 0 aliphatic rings. The zero-order valence-electron chi connectivity index (χ0n) is 12.9. The van der Waals surface area contributed by atoms with Crippen molar-refractivity contribution in [3.8, 4) is 0 Å². The number of primary amides is 1. The molecule has 2 aromatic heterocycles. The van der Waals surface area contributed by atoms with E-state index in [0.717, 1.165) is 17.8 Å². The van der Waals surface area contributed by atoms with Gasteiger partial charge in [0, 0.05) is 19.4 Å². The van der Waals surface area contributed by atoms with Gasteiger partial charge in [-0.05, 0) is 25.8 Å². The third-order valence-electron chi connectivity index (χ3n) is 3.51. The number of carbonyl (C=O) groups is 2. The lowest BCUT2D eigenvalue weighted by Crippen LogP contribution is -2.26. The molecule has 0 atom stereocenters. The van der Waals surface area contributed by atoms with E-state index in [1.807, 2.05) is 6.92 Å². The van der Waals surface area contributed by atoms with Gasteiger partial charge in [0.25, 0.3) is 11.5 Å². The van der Waals surface area contributed by atoms with Gasteiger partial charge in [0.05, 0.1) is 10.3 Å². The van der Waals surface area contributed by atoms with Crippen LogP contribution in [0.15, 0.2) is 4.79 Å². The Morgan fingerprint density at radius 3 is 2.59 bits per heavy atom. The number of carbonyl (C=O) groups excluding carboxylic acids is 2. The fourth-order valence-corrected chi connectivity index (χ4v) is 3.45. The Morgan fingerprint density at radius 1 is 1.36 bits per heavy atom. The van der Waals surface area contributed by atoms with Crippen LogP contribution in [0.3, 0.4) is 0 Å². The van der Waals surface area contributed by atoms with E-state index in [2.05, 4.69) is 4.98 Å². The maximum Gasteiger partial charge on any atom is 0.262 e. The number of aryl methyl sites for hydroxylation is 2. The third-order valence-corrected chi connectivity index (χ3v) is 4.71. The molecule has 0 bridgehead atoms. The van der Waals surface area contributed by atoms with Crippen LogP contribution in [-0.4, -0.2) is 21.2 Å². The zero-order chi connectivity index (χ0) is 16.4. The zero-order valence-corrected chi connectivity index (χ0v) is 13.7. The van der Waals surface area contributed by atoms with E-state index < -0.39 is 5.91 Å². The first-order valence-electron chi connectivity index (χ1n) is 7.18. The molecule has 1 amide bonds. The predicted octanol–water partition coefficient (Wildman–Crippen LogP) is 1.80. The number of aromatic nitrogens is 2. The number of hydrogen-bond donors (Lipinski definition) is 1. The van der Waals surface area contributed by atoms with Crippen molar-refractivity contribution in [2.45, 2.75) is 46.6 Å². The van der Waals surface area contributed by atoms with Crippen LogP contribution in [0.5, 0.6) is 0 Å². The van der Waals surface area contributed by atoms with Gasteiger partial charge in [-0.2, -0.15) is 0 Å². The van der Waals surface area contributed by atoms with E-state index in [1.165, 1.54) is 6.92 Å². The van der Waals surface area contributed by atoms with Crippen molar-refractivity contribution in [3.63, 3.8) is 0 Å². The minimum atomic E-state index is -0.549. The van der Waals surface area contributed by atoms with Crippen LogP contribution >= 0.6 is 11.3 Å². The number of ketones is 1. The van der Waals surface area contributed by atoms with E-state index in [1.54, 1.807) is 11.5 Å². The Balaban J connectivity index is 2.70. The molecule has 118 valence electrons. The van der Waals surface area contributed by atoms with Crippen LogP contribution in [-0.2, 0) is 17.8 Å². The number of nitrogens with two attached hydrogens (primary N) is 1. The average Bonchev–Trinajstić information content (AvgIpc) is 2.76. The molecule has 6 nitrogen and oxygen atoms in total. The highest BCUT2D eigenvalue weighted by Gasteiger charge is 2.20. The summed E-state index contributed by atoms with van der Waals surface area (Å²) < 4.78 is 1.55. The van der Waals surface area contributed by atoms with E-state index >= 15 is 0 Å². The van der Waals surface area contributed by atoms with Crippen LogP contribution < -0.4 is 11.3 Å². The van der Waals surface area contributed by atoms with Crippen molar-refractivity contribution < 1.29 is 9.59 Å². The smallest absolute Gasteiger partial charge is 0.262 e. The maximum absolute atomic E-state index is 12.8. The monoisotopic (exact) mass is 321 g/mol. The van der Waals surface area contributed by atoms with E-state index in [9.17, 15) is 14.4 Å². The largest absolute Gasteiger partial charge is 0.365 e. The van der Waals surface area contributed by atoms with Crippen LogP contribution in [0.25, 0.3) is 10.2 Å². The van der Waals surface area contributed by atoms with Crippen LogP contribution in [0.1, 0.15) is 47.7 Å². The first kappa shape index (κ1) is 16.4. The van der Waals surface area contributed by atoms with Crippen LogP contribution in [0.2, 0.25) is 0 Å². The van der Waals surface area contributed by atoms with Gasteiger partial charge in [-0.1, -0.05) is 6.92 Å². The molecule has 0 fully saturated rings. The first-order valence-corrected chi connectivity index (χ1v) is 8.00. The molecule has 0 aliphatic carbocycles. The number of fused-ring (bicyclic) bond motifs is 1. The highest BCUT2D eigenvalue weighted by molar-refractivity contribution is 7.20. The van der Waals surface area contributed by atoms with Crippen molar-refractivity contribution in [2.24, 2.45) is 5.73 Å². The quantitative estimate of drug-likeness (QED) is 0.877. The summed E-state index contributed by atoms with van der Waals surface area (Å²) in [5.41, 5.74) is 5.73. The molecule has 2 heterocycles. The normalized spacial score (nSPS) is 11.0. The molecular formula is C15H19N3O3S. The molecule has 0 unspecified atom stereocenters. The molecule has 0 aliphatic heterocycles. The minimum Gasteiger partial charge on any atom is -0.365 e. The molecule has 2 N–H and O–H groups in total. The van der Waals surface area contributed by atoms with Gasteiger partial charge in [-0.3, -0.25) is 19.0 Å². The average molecular weight is 321 g/mol. The summed E-state index contributed by atoms with van der Waals surface area (Å²) in [5, 5.41) is 0.433. The second kappa shape index (κ2) is 6.39. The molecule has 2 aromatic rings. The summed E-state index contributed by atoms with van der Waals surface area (Å²) in [6.45, 7) is 5.52. The molecule has 0 saturated carbocycles. The summed E-state index contributed by atoms with van der Waals surface area (Å²) >= 11 is 1.15. The van der Waals surface area contributed by atoms with Crippen molar-refractivity contribution in [2.75, 3.05) is 0 Å². The highest BCUT2D eigenvalue weighted by Crippen LogP contribution is 2.27. The van der Waals surface area contributed by atoms with E-state index in [-0.39, 0.29) is 17.8 Å². The van der Waals surface area contributed by atoms with Gasteiger partial charge < -0.3 is 5.73 Å². The molecule has 22 heavy (non-hydrogen) atoms. The highest BCUT2D eigenvalue weighted by atomic mass is 32.1. The SMILES string of the molecule is CCCc1nc2sc(C(N)=O)c(C)c2c(=O)n1CCC(C)=O. The summed E-state index contributed by atoms with van der Waals surface area (Å²) in [6.07, 6.45) is 1.77. The fraction of sp³-hybridized carbons (Fsp3) is 0.467. The van der Waals surface area contributed by atoms with E-state index in [0.29, 0.717) is 39.4 Å². The van der Waals surface area contributed by atoms with Gasteiger partial charge in [0.1, 0.15) is 16.4 Å². The van der Waals surface area contributed by atoms with Crippen molar-refractivity contribution in [3.05, 3.63) is 26.6 Å². The van der Waals surface area contributed by atoms with Crippen molar-refractivity contribution >= 4 is 33.2 Å². The molecule has 0 saturated heterocycles. The molecule has 7 heteroatoms. The maximum atomic E-state index is 12.8. The lowest BCUT2D eigenvalue weighted by molar-refractivity contribution is -0.117. The second-order valence-electron chi connectivity index (χ2n) is 5.29. The summed E-state index contributed by atoms with van der Waals surface area (Å²) in [5.74, 6) is 0.125. The Bertz CT molecular complexity index is 804. The van der Waals surface area contributed by atoms with Gasteiger partial charge in [-0.15, -0.1) is 11.3 Å². The molecule has 0 spiro atoms. The lowest BCUT2D eigenvalue weighted by Gasteiger charge is -2.11. The molecular weight excluding hydrogens is 302 g/mol. The van der Waals surface area contributed by atoms with Gasteiger partial charge in [0.15, 0.2) is 0 Å². The van der Waals surface area contributed by atoms with Crippen molar-refractivity contribution in [1.82, 2.24) is 9.55 Å². The number of hydrogen-bond acceptors (Lipinski definition) is 5. The Kier molecular flexibility index (Phi) is 4.75. The Hall–Kier alpha value is -2.02. The van der Waals surface area contributed by atoms with Crippen LogP contribution in [0.4, 0.5) is 0 Å². The Morgan fingerprint density at radius 2 is 2.05 bits per heavy atom. The Labute approximate surface area is 132 Å². The summed E-state index contributed by atoms with van der Waals surface area (Å²) in [6, 6.07) is 0. The topological polar surface area (TPSA) is 95.0 Å². The third kappa shape index (κ3) is 2.94. The number of thiophene rings is 1. The number of amides is 1. The number of nitrogens with zero attached hydrogens (tertiary/aromatic N) is 2. The standard InChI is InChI=1S/C15H19N3O3S/c1-4-5-10-17-14-11(9(3)12(22-14)13(16)20)15(21)18(10)7-6-8(2)19/h4-7H2,1-3H3,(H2,16,20). The summed E-state index contributed by atoms with van der Waals surface area (Å²) in [4.78, 5) is 40.9. The fourth-order valence-electron chi connectivity index (χ4n) is 2.41. The number of rotatable bonds is 6. The van der Waals surface area contributed by atoms with Gasteiger partial charge >= 0.3 is 0 Å². The number of Topliss-reactive ketones (excluding diaryl/α,β-unsaturated/α-hetero) is 1. The first-order chi connectivity index (χ1) is 10.4.